The highest BCUT2D eigenvalue weighted by Crippen LogP contribution is 2.53. The highest BCUT2D eigenvalue weighted by atomic mass is 35.5. The summed E-state index contributed by atoms with van der Waals surface area (Å²) in [5.41, 5.74) is 0.932. The molecule has 2 fully saturated rings. The SMILES string of the molecule is Cl.Cn1c(N2CCC(Oc3ncc(Cl)cc3Cl)CC2)nnc1C1(c2ccc(F)cc2)CC1. The number of pyridine rings is 1. The summed E-state index contributed by atoms with van der Waals surface area (Å²) in [5, 5.41) is 9.94. The maximum absolute atomic E-state index is 13.4. The van der Waals surface area contributed by atoms with E-state index in [1.54, 1.807) is 6.07 Å². The van der Waals surface area contributed by atoms with Gasteiger partial charge in [-0.1, -0.05) is 35.3 Å². The lowest BCUT2D eigenvalue weighted by molar-refractivity contribution is 0.163. The zero-order valence-corrected chi connectivity index (χ0v) is 19.8. The average Bonchev–Trinajstić information content (AvgIpc) is 3.47. The average molecular weight is 499 g/mol. The largest absolute Gasteiger partial charge is 0.473 e. The molecule has 3 heterocycles. The minimum absolute atomic E-state index is 0. The first kappa shape index (κ1) is 23.1. The van der Waals surface area contributed by atoms with Crippen LogP contribution >= 0.6 is 35.6 Å². The maximum Gasteiger partial charge on any atom is 0.232 e. The number of halogens is 4. The van der Waals surface area contributed by atoms with Crippen molar-refractivity contribution in [2.75, 3.05) is 18.0 Å². The normalized spacial score (nSPS) is 17.7. The molecule has 1 aliphatic heterocycles. The fraction of sp³-hybridized carbons (Fsp3) is 0.409. The lowest BCUT2D eigenvalue weighted by Crippen LogP contribution is -2.39. The topological polar surface area (TPSA) is 56.1 Å². The van der Waals surface area contributed by atoms with Gasteiger partial charge in [-0.3, -0.25) is 4.57 Å². The molecule has 0 radical (unpaired) electrons. The molecule has 1 aromatic carbocycles. The molecule has 0 N–H and O–H groups in total. The first-order valence-electron chi connectivity index (χ1n) is 10.3. The number of anilines is 1. The first-order valence-corrected chi connectivity index (χ1v) is 11.1. The molecule has 6 nitrogen and oxygen atoms in total. The van der Waals surface area contributed by atoms with E-state index in [1.165, 1.54) is 18.3 Å². The van der Waals surface area contributed by atoms with E-state index in [9.17, 15) is 4.39 Å². The Morgan fingerprint density at radius 2 is 1.78 bits per heavy atom. The van der Waals surface area contributed by atoms with E-state index in [1.807, 2.05) is 19.2 Å². The molecule has 170 valence electrons. The number of ether oxygens (including phenoxy) is 1. The molecule has 0 bridgehead atoms. The van der Waals surface area contributed by atoms with Gasteiger partial charge < -0.3 is 9.64 Å². The summed E-state index contributed by atoms with van der Waals surface area (Å²) in [6.07, 6.45) is 5.21. The highest BCUT2D eigenvalue weighted by molar-refractivity contribution is 6.35. The molecular weight excluding hydrogens is 476 g/mol. The predicted octanol–water partition coefficient (Wildman–Crippen LogP) is 5.21. The minimum atomic E-state index is -0.224. The minimum Gasteiger partial charge on any atom is -0.473 e. The lowest BCUT2D eigenvalue weighted by atomic mass is 9.95. The number of aromatic nitrogens is 4. The fourth-order valence-electron chi connectivity index (χ4n) is 4.37. The van der Waals surface area contributed by atoms with Gasteiger partial charge in [0.05, 0.1) is 10.4 Å². The van der Waals surface area contributed by atoms with E-state index < -0.39 is 0 Å². The van der Waals surface area contributed by atoms with Crippen LogP contribution in [0.1, 0.15) is 37.1 Å². The molecule has 2 aromatic heterocycles. The number of benzene rings is 1. The van der Waals surface area contributed by atoms with Gasteiger partial charge in [0.2, 0.25) is 11.8 Å². The second-order valence-electron chi connectivity index (χ2n) is 8.22. The van der Waals surface area contributed by atoms with Gasteiger partial charge in [-0.2, -0.15) is 0 Å². The number of hydrogen-bond donors (Lipinski definition) is 0. The van der Waals surface area contributed by atoms with Crippen LogP contribution in [0.3, 0.4) is 0 Å². The molecule has 5 rings (SSSR count). The van der Waals surface area contributed by atoms with Gasteiger partial charge in [0.15, 0.2) is 0 Å². The predicted molar refractivity (Wildman–Crippen MR) is 125 cm³/mol. The van der Waals surface area contributed by atoms with Crippen LogP contribution in [0.4, 0.5) is 10.3 Å². The Hall–Kier alpha value is -2.09. The Bertz CT molecular complexity index is 1100. The Balaban J connectivity index is 0.00000245. The van der Waals surface area contributed by atoms with Crippen LogP contribution in [-0.4, -0.2) is 38.9 Å². The molecule has 32 heavy (non-hydrogen) atoms. The molecule has 10 heteroatoms. The first-order chi connectivity index (χ1) is 15.0. The summed E-state index contributed by atoms with van der Waals surface area (Å²) in [6, 6.07) is 8.37. The van der Waals surface area contributed by atoms with Gasteiger partial charge in [0, 0.05) is 39.2 Å². The summed E-state index contributed by atoms with van der Waals surface area (Å²) in [4.78, 5) is 6.42. The number of piperidine rings is 1. The zero-order chi connectivity index (χ0) is 21.6. The molecule has 0 atom stereocenters. The van der Waals surface area contributed by atoms with Crippen molar-refractivity contribution in [2.24, 2.45) is 7.05 Å². The highest BCUT2D eigenvalue weighted by Gasteiger charge is 2.50. The molecule has 3 aromatic rings. The summed E-state index contributed by atoms with van der Waals surface area (Å²) in [5.74, 6) is 1.98. The van der Waals surface area contributed by atoms with E-state index in [-0.39, 0.29) is 29.7 Å². The molecule has 0 unspecified atom stereocenters. The fourth-order valence-corrected chi connectivity index (χ4v) is 4.79. The summed E-state index contributed by atoms with van der Waals surface area (Å²) in [7, 11) is 2.01. The second-order valence-corrected chi connectivity index (χ2v) is 9.06. The van der Waals surface area contributed by atoms with E-state index in [0.717, 1.165) is 56.1 Å². The lowest BCUT2D eigenvalue weighted by Gasteiger charge is -2.32. The number of nitrogens with zero attached hydrogens (tertiary/aromatic N) is 5. The number of rotatable bonds is 5. The van der Waals surface area contributed by atoms with Crippen molar-refractivity contribution >= 4 is 41.6 Å². The van der Waals surface area contributed by atoms with Crippen molar-refractivity contribution in [1.29, 1.82) is 0 Å². The Kier molecular flexibility index (Phi) is 6.52. The van der Waals surface area contributed by atoms with Gasteiger partial charge in [-0.15, -0.1) is 22.6 Å². The monoisotopic (exact) mass is 497 g/mol. The third-order valence-electron chi connectivity index (χ3n) is 6.20. The van der Waals surface area contributed by atoms with Crippen molar-refractivity contribution in [3.8, 4) is 5.88 Å². The van der Waals surface area contributed by atoms with Crippen molar-refractivity contribution < 1.29 is 9.13 Å². The van der Waals surface area contributed by atoms with E-state index in [4.69, 9.17) is 27.9 Å². The number of hydrogen-bond acceptors (Lipinski definition) is 5. The third-order valence-corrected chi connectivity index (χ3v) is 6.68. The summed E-state index contributed by atoms with van der Waals surface area (Å²) < 4.78 is 21.4. The summed E-state index contributed by atoms with van der Waals surface area (Å²) >= 11 is 12.1. The van der Waals surface area contributed by atoms with Gasteiger partial charge >= 0.3 is 0 Å². The Morgan fingerprint density at radius 1 is 1.09 bits per heavy atom. The summed E-state index contributed by atoms with van der Waals surface area (Å²) in [6.45, 7) is 1.59. The van der Waals surface area contributed by atoms with E-state index in [2.05, 4.69) is 24.6 Å². The second kappa shape index (κ2) is 9.04. The van der Waals surface area contributed by atoms with E-state index in [0.29, 0.717) is 15.9 Å². The van der Waals surface area contributed by atoms with Crippen LogP contribution in [-0.2, 0) is 12.5 Å². The van der Waals surface area contributed by atoms with Crippen LogP contribution in [0, 0.1) is 5.82 Å². The molecule has 2 aliphatic rings. The molecular formula is C22H23Cl3FN5O. The Labute approximate surface area is 202 Å². The molecule has 1 saturated carbocycles. The van der Waals surface area contributed by atoms with Crippen LogP contribution in [0.25, 0.3) is 0 Å². The standard InChI is InChI=1S/C22H22Cl2FN5O.ClH/c1-29-20(22(8-9-22)14-2-4-16(25)5-3-14)27-28-21(29)30-10-6-17(7-11-30)31-19-18(24)12-15(23)13-26-19;/h2-5,12-13,17H,6-11H2,1H3;1H. The van der Waals surface area contributed by atoms with Crippen molar-refractivity contribution in [3.63, 3.8) is 0 Å². The van der Waals surface area contributed by atoms with Gasteiger partial charge in [-0.05, 0) is 36.6 Å². The van der Waals surface area contributed by atoms with E-state index >= 15 is 0 Å². The maximum atomic E-state index is 13.4. The van der Waals surface area contributed by atoms with Gasteiger partial charge in [0.1, 0.15) is 22.8 Å². The quantitative estimate of drug-likeness (QED) is 0.484. The zero-order valence-electron chi connectivity index (χ0n) is 17.5. The Morgan fingerprint density at radius 3 is 2.41 bits per heavy atom. The van der Waals surface area contributed by atoms with Gasteiger partial charge in [-0.25, -0.2) is 9.37 Å². The molecule has 1 saturated heterocycles. The van der Waals surface area contributed by atoms with Crippen LogP contribution in [0.15, 0.2) is 36.5 Å². The van der Waals surface area contributed by atoms with Crippen LogP contribution in [0.5, 0.6) is 5.88 Å². The van der Waals surface area contributed by atoms with Crippen molar-refractivity contribution in [1.82, 2.24) is 19.7 Å². The molecule has 0 spiro atoms. The van der Waals surface area contributed by atoms with Crippen molar-refractivity contribution in [2.45, 2.75) is 37.2 Å². The van der Waals surface area contributed by atoms with Crippen LogP contribution in [0.2, 0.25) is 10.0 Å². The smallest absolute Gasteiger partial charge is 0.232 e. The van der Waals surface area contributed by atoms with Crippen LogP contribution < -0.4 is 9.64 Å². The van der Waals surface area contributed by atoms with Crippen molar-refractivity contribution in [3.05, 3.63) is 63.8 Å². The molecule has 0 amide bonds. The third kappa shape index (κ3) is 4.26. The van der Waals surface area contributed by atoms with Gasteiger partial charge in [0.25, 0.3) is 0 Å². The molecule has 1 aliphatic carbocycles.